The number of likely N-dealkylation sites (tertiary alicyclic amines) is 1. The van der Waals surface area contributed by atoms with Crippen molar-refractivity contribution in [3.05, 3.63) is 0 Å². The third-order valence-electron chi connectivity index (χ3n) is 2.58. The van der Waals surface area contributed by atoms with Crippen molar-refractivity contribution >= 4 is 17.9 Å². The fourth-order valence-corrected chi connectivity index (χ4v) is 1.59. The van der Waals surface area contributed by atoms with Gasteiger partial charge in [-0.1, -0.05) is 0 Å². The third kappa shape index (κ3) is 4.39. The summed E-state index contributed by atoms with van der Waals surface area (Å²) >= 11 is 0. The van der Waals surface area contributed by atoms with E-state index in [0.29, 0.717) is 13.1 Å². The second-order valence-corrected chi connectivity index (χ2v) is 3.84. The maximum absolute atomic E-state index is 11.6. The molecule has 0 radical (unpaired) electrons. The average molecular weight is 244 g/mol. The zero-order valence-electron chi connectivity index (χ0n) is 9.64. The summed E-state index contributed by atoms with van der Waals surface area (Å²) in [7, 11) is 1.57. The summed E-state index contributed by atoms with van der Waals surface area (Å²) in [5, 5.41) is 10.5. The summed E-state index contributed by atoms with van der Waals surface area (Å²) in [6.45, 7) is 0.991. The molecule has 1 fully saturated rings. The SMILES string of the molecule is COC1CCN(C(=O)NC(=O)CCC(=O)O)C1. The number of carboxylic acid groups (broad SMARTS) is 1. The standard InChI is InChI=1S/C10H16N2O5/c1-17-7-4-5-12(6-7)10(16)11-8(13)2-3-9(14)15/h7H,2-6H2,1H3,(H,14,15)(H,11,13,16). The molecule has 0 aliphatic carbocycles. The lowest BCUT2D eigenvalue weighted by molar-refractivity contribution is -0.138. The molecule has 7 heteroatoms. The number of nitrogens with zero attached hydrogens (tertiary/aromatic N) is 1. The van der Waals surface area contributed by atoms with Gasteiger partial charge in [-0.05, 0) is 6.42 Å². The zero-order chi connectivity index (χ0) is 12.8. The highest BCUT2D eigenvalue weighted by molar-refractivity contribution is 5.95. The molecule has 1 atom stereocenters. The number of hydrogen-bond acceptors (Lipinski definition) is 4. The normalized spacial score (nSPS) is 19.1. The number of imide groups is 1. The number of carboxylic acids is 1. The van der Waals surface area contributed by atoms with E-state index < -0.39 is 17.9 Å². The summed E-state index contributed by atoms with van der Waals surface area (Å²) in [5.74, 6) is -1.63. The number of aliphatic carboxylic acids is 1. The molecule has 1 saturated heterocycles. The van der Waals surface area contributed by atoms with Crippen LogP contribution in [-0.2, 0) is 14.3 Å². The molecule has 0 aromatic heterocycles. The second-order valence-electron chi connectivity index (χ2n) is 3.84. The molecule has 1 rings (SSSR count). The molecule has 1 heterocycles. The van der Waals surface area contributed by atoms with Crippen LogP contribution in [0, 0.1) is 0 Å². The van der Waals surface area contributed by atoms with Crippen molar-refractivity contribution in [1.82, 2.24) is 10.2 Å². The molecule has 2 N–H and O–H groups in total. The highest BCUT2D eigenvalue weighted by atomic mass is 16.5. The van der Waals surface area contributed by atoms with Crippen molar-refractivity contribution in [2.45, 2.75) is 25.4 Å². The molecule has 1 unspecified atom stereocenters. The molecule has 0 bridgehead atoms. The first-order valence-corrected chi connectivity index (χ1v) is 5.36. The van der Waals surface area contributed by atoms with Gasteiger partial charge in [0.15, 0.2) is 0 Å². The topological polar surface area (TPSA) is 95.9 Å². The first-order valence-electron chi connectivity index (χ1n) is 5.36. The van der Waals surface area contributed by atoms with Crippen LogP contribution >= 0.6 is 0 Å². The van der Waals surface area contributed by atoms with Gasteiger partial charge >= 0.3 is 12.0 Å². The van der Waals surface area contributed by atoms with Gasteiger partial charge in [0, 0.05) is 26.6 Å². The number of nitrogens with one attached hydrogen (secondary N) is 1. The molecule has 0 spiro atoms. The largest absolute Gasteiger partial charge is 0.481 e. The summed E-state index contributed by atoms with van der Waals surface area (Å²) < 4.78 is 5.09. The zero-order valence-corrected chi connectivity index (χ0v) is 9.64. The van der Waals surface area contributed by atoms with Crippen molar-refractivity contribution in [2.24, 2.45) is 0 Å². The molecule has 17 heavy (non-hydrogen) atoms. The number of methoxy groups -OCH3 is 1. The molecule has 0 saturated carbocycles. The smallest absolute Gasteiger partial charge is 0.324 e. The minimum Gasteiger partial charge on any atom is -0.481 e. The summed E-state index contributed by atoms with van der Waals surface area (Å²) in [6.07, 6.45) is 0.283. The summed E-state index contributed by atoms with van der Waals surface area (Å²) in [5.41, 5.74) is 0. The van der Waals surface area contributed by atoms with E-state index in [2.05, 4.69) is 5.32 Å². The first kappa shape index (κ1) is 13.4. The van der Waals surface area contributed by atoms with Gasteiger partial charge in [-0.2, -0.15) is 0 Å². The Hall–Kier alpha value is -1.63. The van der Waals surface area contributed by atoms with E-state index in [1.54, 1.807) is 7.11 Å². The quantitative estimate of drug-likeness (QED) is 0.714. The third-order valence-corrected chi connectivity index (χ3v) is 2.58. The molecular formula is C10H16N2O5. The van der Waals surface area contributed by atoms with Crippen molar-refractivity contribution in [1.29, 1.82) is 0 Å². The Kier molecular flexibility index (Phi) is 4.89. The van der Waals surface area contributed by atoms with Crippen LogP contribution in [0.15, 0.2) is 0 Å². The Morgan fingerprint density at radius 2 is 2.12 bits per heavy atom. The van der Waals surface area contributed by atoms with Crippen molar-refractivity contribution in [2.75, 3.05) is 20.2 Å². The van der Waals surface area contributed by atoms with Crippen LogP contribution < -0.4 is 5.32 Å². The molecule has 0 aromatic carbocycles. The van der Waals surface area contributed by atoms with E-state index in [0.717, 1.165) is 6.42 Å². The number of ether oxygens (including phenoxy) is 1. The predicted molar refractivity (Wildman–Crippen MR) is 57.4 cm³/mol. The van der Waals surface area contributed by atoms with Crippen LogP contribution in [0.1, 0.15) is 19.3 Å². The second kappa shape index (κ2) is 6.19. The molecule has 7 nitrogen and oxygen atoms in total. The van der Waals surface area contributed by atoms with Gasteiger partial charge in [-0.15, -0.1) is 0 Å². The molecule has 1 aliphatic rings. The Morgan fingerprint density at radius 3 is 2.65 bits per heavy atom. The number of carbonyl (C=O) groups is 3. The molecule has 0 aromatic rings. The van der Waals surface area contributed by atoms with Crippen LogP contribution in [0.25, 0.3) is 0 Å². The van der Waals surface area contributed by atoms with Gasteiger partial charge in [0.1, 0.15) is 0 Å². The molecule has 96 valence electrons. The average Bonchev–Trinajstić information content (AvgIpc) is 2.74. The first-order chi connectivity index (χ1) is 8.02. The van der Waals surface area contributed by atoms with Gasteiger partial charge in [0.05, 0.1) is 12.5 Å². The van der Waals surface area contributed by atoms with E-state index in [9.17, 15) is 14.4 Å². The van der Waals surface area contributed by atoms with Crippen LogP contribution in [0.3, 0.4) is 0 Å². The minimum atomic E-state index is -1.06. The van der Waals surface area contributed by atoms with Gasteiger partial charge in [0.25, 0.3) is 0 Å². The van der Waals surface area contributed by atoms with Crippen LogP contribution in [0.5, 0.6) is 0 Å². The Labute approximate surface area is 98.7 Å². The van der Waals surface area contributed by atoms with Gasteiger partial charge in [-0.25, -0.2) is 4.79 Å². The monoisotopic (exact) mass is 244 g/mol. The highest BCUT2D eigenvalue weighted by Gasteiger charge is 2.26. The summed E-state index contributed by atoms with van der Waals surface area (Å²) in [6, 6.07) is -0.486. The lowest BCUT2D eigenvalue weighted by atomic mass is 10.3. The van der Waals surface area contributed by atoms with Crippen molar-refractivity contribution in [3.8, 4) is 0 Å². The molecular weight excluding hydrogens is 228 g/mol. The number of rotatable bonds is 4. The Morgan fingerprint density at radius 1 is 1.41 bits per heavy atom. The van der Waals surface area contributed by atoms with Gasteiger partial charge < -0.3 is 14.7 Å². The number of hydrogen-bond donors (Lipinski definition) is 2. The van der Waals surface area contributed by atoms with E-state index in [1.165, 1.54) is 4.90 Å². The van der Waals surface area contributed by atoms with Crippen molar-refractivity contribution in [3.63, 3.8) is 0 Å². The van der Waals surface area contributed by atoms with E-state index in [4.69, 9.17) is 9.84 Å². The van der Waals surface area contributed by atoms with E-state index in [-0.39, 0.29) is 18.9 Å². The Bertz CT molecular complexity index is 318. The Balaban J connectivity index is 2.29. The van der Waals surface area contributed by atoms with Crippen molar-refractivity contribution < 1.29 is 24.2 Å². The lowest BCUT2D eigenvalue weighted by Gasteiger charge is -2.16. The number of carbonyl (C=O) groups excluding carboxylic acids is 2. The minimum absolute atomic E-state index is 0.00914. The van der Waals surface area contributed by atoms with E-state index >= 15 is 0 Å². The van der Waals surface area contributed by atoms with Gasteiger partial charge in [0.2, 0.25) is 5.91 Å². The van der Waals surface area contributed by atoms with Crippen LogP contribution in [0.2, 0.25) is 0 Å². The fourth-order valence-electron chi connectivity index (χ4n) is 1.59. The highest BCUT2D eigenvalue weighted by Crippen LogP contribution is 2.11. The number of amides is 3. The number of urea groups is 1. The lowest BCUT2D eigenvalue weighted by Crippen LogP contribution is -2.42. The molecule has 1 aliphatic heterocycles. The molecule has 3 amide bonds. The van der Waals surface area contributed by atoms with Crippen LogP contribution in [0.4, 0.5) is 4.79 Å². The van der Waals surface area contributed by atoms with Crippen LogP contribution in [-0.4, -0.2) is 54.2 Å². The van der Waals surface area contributed by atoms with E-state index in [1.807, 2.05) is 0 Å². The maximum atomic E-state index is 11.6. The summed E-state index contributed by atoms with van der Waals surface area (Å²) in [4.78, 5) is 34.5. The van der Waals surface area contributed by atoms with Gasteiger partial charge in [-0.3, -0.25) is 14.9 Å². The predicted octanol–water partition coefficient (Wildman–Crippen LogP) is -0.192. The fraction of sp³-hybridized carbons (Fsp3) is 0.700. The maximum Gasteiger partial charge on any atom is 0.324 e.